The molecular formula is C12H13N3O2. The lowest BCUT2D eigenvalue weighted by molar-refractivity contribution is -0.138. The van der Waals surface area contributed by atoms with Crippen LogP contribution in [0.4, 0.5) is 0 Å². The topological polar surface area (TPSA) is 81.1 Å². The van der Waals surface area contributed by atoms with Crippen LogP contribution in [0.3, 0.4) is 0 Å². The van der Waals surface area contributed by atoms with Gasteiger partial charge in [0.05, 0.1) is 0 Å². The Bertz CT molecular complexity index is 531. The number of nitrogens with zero attached hydrogens (tertiary/aromatic N) is 2. The number of aromatic nitrogens is 2. The molecule has 17 heavy (non-hydrogen) atoms. The Morgan fingerprint density at radius 2 is 2.06 bits per heavy atom. The molecule has 88 valence electrons. The Labute approximate surface area is 98.5 Å². The standard InChI is InChI=1S/C12H13N3O2/c1-8-14-6-7-15(8)10-4-2-9(3-5-10)11(13)12(16)17/h2-7,11H,13H2,1H3,(H,16,17). The second-order valence-corrected chi connectivity index (χ2v) is 3.75. The normalized spacial score (nSPS) is 12.4. The van der Waals surface area contributed by atoms with Crippen LogP contribution < -0.4 is 5.73 Å². The summed E-state index contributed by atoms with van der Waals surface area (Å²) in [5, 5.41) is 8.79. The molecule has 0 saturated carbocycles. The predicted molar refractivity (Wildman–Crippen MR) is 62.9 cm³/mol. The van der Waals surface area contributed by atoms with Crippen molar-refractivity contribution in [3.05, 3.63) is 48.0 Å². The van der Waals surface area contributed by atoms with E-state index < -0.39 is 12.0 Å². The average Bonchev–Trinajstić information content (AvgIpc) is 2.74. The van der Waals surface area contributed by atoms with Crippen molar-refractivity contribution in [2.75, 3.05) is 0 Å². The summed E-state index contributed by atoms with van der Waals surface area (Å²) in [6.45, 7) is 1.90. The molecule has 3 N–H and O–H groups in total. The van der Waals surface area contributed by atoms with Gasteiger partial charge in [0.1, 0.15) is 11.9 Å². The van der Waals surface area contributed by atoms with Gasteiger partial charge < -0.3 is 15.4 Å². The number of aryl methyl sites for hydroxylation is 1. The minimum absolute atomic E-state index is 0.582. The van der Waals surface area contributed by atoms with Gasteiger partial charge in [-0.1, -0.05) is 12.1 Å². The summed E-state index contributed by atoms with van der Waals surface area (Å²) in [6.07, 6.45) is 3.56. The van der Waals surface area contributed by atoms with Gasteiger partial charge in [0.15, 0.2) is 0 Å². The first-order valence-electron chi connectivity index (χ1n) is 5.18. The maximum absolute atomic E-state index is 10.7. The van der Waals surface area contributed by atoms with Crippen molar-refractivity contribution in [3.63, 3.8) is 0 Å². The fourth-order valence-electron chi connectivity index (χ4n) is 1.64. The molecule has 0 amide bonds. The molecule has 5 nitrogen and oxygen atoms in total. The molecule has 1 aromatic carbocycles. The van der Waals surface area contributed by atoms with Crippen molar-refractivity contribution in [1.82, 2.24) is 9.55 Å². The maximum atomic E-state index is 10.7. The molecule has 2 aromatic rings. The number of hydrogen-bond acceptors (Lipinski definition) is 3. The largest absolute Gasteiger partial charge is 0.480 e. The van der Waals surface area contributed by atoms with Crippen LogP contribution >= 0.6 is 0 Å². The van der Waals surface area contributed by atoms with E-state index in [2.05, 4.69) is 4.98 Å². The van der Waals surface area contributed by atoms with E-state index in [0.29, 0.717) is 5.56 Å². The van der Waals surface area contributed by atoms with Crippen LogP contribution in [0, 0.1) is 6.92 Å². The number of benzene rings is 1. The van der Waals surface area contributed by atoms with Crippen LogP contribution in [0.15, 0.2) is 36.7 Å². The zero-order valence-corrected chi connectivity index (χ0v) is 9.37. The van der Waals surface area contributed by atoms with Gasteiger partial charge in [0.25, 0.3) is 0 Å². The first-order chi connectivity index (χ1) is 8.09. The lowest BCUT2D eigenvalue weighted by Crippen LogP contribution is -2.20. The zero-order chi connectivity index (χ0) is 12.4. The highest BCUT2D eigenvalue weighted by Crippen LogP contribution is 2.15. The smallest absolute Gasteiger partial charge is 0.325 e. The third-order valence-electron chi connectivity index (χ3n) is 2.62. The van der Waals surface area contributed by atoms with Gasteiger partial charge in [0.2, 0.25) is 0 Å². The Morgan fingerprint density at radius 1 is 1.41 bits per heavy atom. The summed E-state index contributed by atoms with van der Waals surface area (Å²) in [5.74, 6) is -0.156. The number of imidazole rings is 1. The molecule has 0 aliphatic heterocycles. The van der Waals surface area contributed by atoms with Crippen molar-refractivity contribution >= 4 is 5.97 Å². The van der Waals surface area contributed by atoms with Crippen LogP contribution in [0.2, 0.25) is 0 Å². The molecular weight excluding hydrogens is 218 g/mol. The van der Waals surface area contributed by atoms with Crippen LogP contribution in [-0.4, -0.2) is 20.6 Å². The quantitative estimate of drug-likeness (QED) is 0.833. The zero-order valence-electron chi connectivity index (χ0n) is 9.37. The van der Waals surface area contributed by atoms with Crippen LogP contribution in [0.1, 0.15) is 17.4 Å². The summed E-state index contributed by atoms with van der Waals surface area (Å²) in [5.41, 5.74) is 7.03. The number of aliphatic carboxylic acids is 1. The number of nitrogens with two attached hydrogens (primary N) is 1. The first kappa shape index (κ1) is 11.3. The molecule has 0 aliphatic carbocycles. The number of carboxylic acid groups (broad SMARTS) is 1. The number of carboxylic acids is 1. The van der Waals surface area contributed by atoms with Gasteiger partial charge >= 0.3 is 5.97 Å². The summed E-state index contributed by atoms with van der Waals surface area (Å²) in [4.78, 5) is 14.9. The minimum atomic E-state index is -1.03. The van der Waals surface area contributed by atoms with Gasteiger partial charge in [-0.15, -0.1) is 0 Å². The highest BCUT2D eigenvalue weighted by Gasteiger charge is 2.13. The molecule has 0 saturated heterocycles. The van der Waals surface area contributed by atoms with E-state index in [1.165, 1.54) is 0 Å². The van der Waals surface area contributed by atoms with E-state index in [0.717, 1.165) is 11.5 Å². The van der Waals surface area contributed by atoms with Crippen molar-refractivity contribution in [2.24, 2.45) is 5.73 Å². The van der Waals surface area contributed by atoms with Gasteiger partial charge in [-0.2, -0.15) is 0 Å². The lowest BCUT2D eigenvalue weighted by Gasteiger charge is -2.09. The van der Waals surface area contributed by atoms with E-state index in [1.54, 1.807) is 18.3 Å². The van der Waals surface area contributed by atoms with E-state index in [4.69, 9.17) is 10.8 Å². The molecule has 0 bridgehead atoms. The van der Waals surface area contributed by atoms with Gasteiger partial charge in [-0.3, -0.25) is 4.79 Å². The highest BCUT2D eigenvalue weighted by molar-refractivity contribution is 5.75. The van der Waals surface area contributed by atoms with Crippen molar-refractivity contribution in [2.45, 2.75) is 13.0 Å². The second kappa shape index (κ2) is 4.39. The molecule has 0 radical (unpaired) electrons. The highest BCUT2D eigenvalue weighted by atomic mass is 16.4. The molecule has 1 heterocycles. The molecule has 0 aliphatic rings. The SMILES string of the molecule is Cc1nccn1-c1ccc(C(N)C(=O)O)cc1. The lowest BCUT2D eigenvalue weighted by atomic mass is 10.1. The van der Waals surface area contributed by atoms with Gasteiger partial charge in [-0.05, 0) is 24.6 Å². The van der Waals surface area contributed by atoms with Crippen LogP contribution in [0.25, 0.3) is 5.69 Å². The fourth-order valence-corrected chi connectivity index (χ4v) is 1.64. The van der Waals surface area contributed by atoms with Gasteiger partial charge in [-0.25, -0.2) is 4.98 Å². The molecule has 5 heteroatoms. The third kappa shape index (κ3) is 2.19. The molecule has 0 spiro atoms. The Kier molecular flexibility index (Phi) is 2.93. The Morgan fingerprint density at radius 3 is 2.53 bits per heavy atom. The molecule has 1 atom stereocenters. The maximum Gasteiger partial charge on any atom is 0.325 e. The molecule has 2 rings (SSSR count). The summed E-state index contributed by atoms with van der Waals surface area (Å²) in [7, 11) is 0. The van der Waals surface area contributed by atoms with Crippen molar-refractivity contribution in [3.8, 4) is 5.69 Å². The Hall–Kier alpha value is -2.14. The predicted octanol–water partition coefficient (Wildman–Crippen LogP) is 1.27. The summed E-state index contributed by atoms with van der Waals surface area (Å²) < 4.78 is 1.91. The third-order valence-corrected chi connectivity index (χ3v) is 2.62. The van der Waals surface area contributed by atoms with Crippen LogP contribution in [0.5, 0.6) is 0 Å². The fraction of sp³-hybridized carbons (Fsp3) is 0.167. The average molecular weight is 231 g/mol. The van der Waals surface area contributed by atoms with Crippen molar-refractivity contribution in [1.29, 1.82) is 0 Å². The van der Waals surface area contributed by atoms with Gasteiger partial charge in [0, 0.05) is 18.1 Å². The first-order valence-corrected chi connectivity index (χ1v) is 5.18. The Balaban J connectivity index is 2.31. The van der Waals surface area contributed by atoms with Crippen molar-refractivity contribution < 1.29 is 9.90 Å². The van der Waals surface area contributed by atoms with E-state index in [1.807, 2.05) is 29.8 Å². The summed E-state index contributed by atoms with van der Waals surface area (Å²) in [6, 6.07) is 6.11. The molecule has 0 fully saturated rings. The molecule has 1 aromatic heterocycles. The van der Waals surface area contributed by atoms with E-state index in [9.17, 15) is 4.79 Å². The number of hydrogen-bond donors (Lipinski definition) is 2. The van der Waals surface area contributed by atoms with E-state index in [-0.39, 0.29) is 0 Å². The monoisotopic (exact) mass is 231 g/mol. The summed E-state index contributed by atoms with van der Waals surface area (Å²) >= 11 is 0. The molecule has 1 unspecified atom stereocenters. The second-order valence-electron chi connectivity index (χ2n) is 3.75. The number of carbonyl (C=O) groups is 1. The minimum Gasteiger partial charge on any atom is -0.480 e. The van der Waals surface area contributed by atoms with Crippen LogP contribution in [-0.2, 0) is 4.79 Å². The van der Waals surface area contributed by atoms with E-state index >= 15 is 0 Å². The number of rotatable bonds is 3.